The van der Waals surface area contributed by atoms with Crippen LogP contribution >= 0.6 is 11.3 Å². The number of carbonyl (C=O) groups excluding carboxylic acids is 2. The molecule has 0 aliphatic carbocycles. The zero-order valence-corrected chi connectivity index (χ0v) is 22.3. The van der Waals surface area contributed by atoms with Crippen molar-refractivity contribution >= 4 is 36.3 Å². The highest BCUT2D eigenvalue weighted by Gasteiger charge is 2.29. The number of hydrogen-bond donors (Lipinski definition) is 1. The molecule has 1 N–H and O–H groups in total. The average Bonchev–Trinajstić information content (AvgIpc) is 3.36. The Morgan fingerprint density at radius 2 is 1.62 bits per heavy atom. The molecule has 5 nitrogen and oxygen atoms in total. The molecular weight excluding hydrogens is 499 g/mol. The lowest BCUT2D eigenvalue weighted by Crippen LogP contribution is -2.44. The number of nitrogens with one attached hydrogen (secondary N) is 1. The van der Waals surface area contributed by atoms with Crippen LogP contribution in [0.5, 0.6) is 0 Å². The third-order valence-electron chi connectivity index (χ3n) is 5.80. The maximum atomic E-state index is 12.8. The summed E-state index contributed by atoms with van der Waals surface area (Å²) >= 11 is 1.72. The number of piperazine rings is 1. The Morgan fingerprint density at radius 1 is 1.03 bits per heavy atom. The van der Waals surface area contributed by atoms with Gasteiger partial charge in [0, 0.05) is 71.9 Å². The van der Waals surface area contributed by atoms with Crippen molar-refractivity contribution in [1.82, 2.24) is 9.80 Å². The lowest BCUT2D eigenvalue weighted by molar-refractivity contribution is -0.0987. The van der Waals surface area contributed by atoms with Crippen LogP contribution in [0.15, 0.2) is 72.3 Å². The summed E-state index contributed by atoms with van der Waals surface area (Å²) < 4.78 is 38.4. The number of thiophene rings is 1. The first-order chi connectivity index (χ1) is 17.6. The molecule has 3 rings (SSSR count). The second kappa shape index (κ2) is 14.8. The molecule has 9 heteroatoms. The van der Waals surface area contributed by atoms with Crippen LogP contribution in [0.2, 0.25) is 0 Å². The number of rotatable bonds is 7. The number of hydrogen-bond acceptors (Lipinski definition) is 6. The van der Waals surface area contributed by atoms with Crippen LogP contribution in [-0.4, -0.2) is 62.8 Å². The summed E-state index contributed by atoms with van der Waals surface area (Å²) in [7, 11) is 1.90. The Kier molecular flexibility index (Phi) is 12.6. The summed E-state index contributed by atoms with van der Waals surface area (Å²) in [5.74, 6) is 0. The predicted molar refractivity (Wildman–Crippen MR) is 149 cm³/mol. The molecular formula is C28H34F3N3O2S. The van der Waals surface area contributed by atoms with E-state index < -0.39 is 11.7 Å². The average molecular weight is 534 g/mol. The summed E-state index contributed by atoms with van der Waals surface area (Å²) in [5, 5.41) is 5.35. The van der Waals surface area contributed by atoms with E-state index in [4.69, 9.17) is 9.59 Å². The number of carbonyl (C=O) groups is 2. The van der Waals surface area contributed by atoms with Gasteiger partial charge in [0.1, 0.15) is 13.6 Å². The second-order valence-electron chi connectivity index (χ2n) is 8.06. The normalized spacial score (nSPS) is 14.1. The molecule has 0 spiro atoms. The first kappa shape index (κ1) is 31.4. The van der Waals surface area contributed by atoms with Crippen molar-refractivity contribution in [2.75, 3.05) is 38.5 Å². The van der Waals surface area contributed by atoms with Crippen molar-refractivity contribution in [3.8, 4) is 10.4 Å². The van der Waals surface area contributed by atoms with E-state index in [2.05, 4.69) is 64.8 Å². The minimum Gasteiger partial charge on any atom is -0.388 e. The Balaban J connectivity index is 0.00000163. The van der Waals surface area contributed by atoms with Gasteiger partial charge in [0.25, 0.3) is 0 Å². The van der Waals surface area contributed by atoms with E-state index in [9.17, 15) is 13.2 Å². The molecule has 1 aliphatic heterocycles. The number of aryl methyl sites for hydroxylation is 1. The summed E-state index contributed by atoms with van der Waals surface area (Å²) in [6.45, 7) is 18.2. The lowest BCUT2D eigenvalue weighted by atomic mass is 10.0. The molecule has 2 aromatic rings. The maximum Gasteiger partial charge on any atom is 0.412 e. The van der Waals surface area contributed by atoms with Crippen molar-refractivity contribution in [3.63, 3.8) is 0 Å². The monoisotopic (exact) mass is 533 g/mol. The molecule has 0 atom stereocenters. The molecule has 200 valence electrons. The van der Waals surface area contributed by atoms with E-state index in [0.717, 1.165) is 48.6 Å². The fourth-order valence-corrected chi connectivity index (χ4v) is 4.68. The van der Waals surface area contributed by atoms with Crippen LogP contribution in [0, 0.1) is 6.92 Å². The third kappa shape index (κ3) is 8.49. The first-order valence-corrected chi connectivity index (χ1v) is 12.2. The molecule has 0 radical (unpaired) electrons. The van der Waals surface area contributed by atoms with Gasteiger partial charge in [-0.05, 0) is 55.1 Å². The van der Waals surface area contributed by atoms with E-state index in [1.165, 1.54) is 16.5 Å². The molecule has 0 bridgehead atoms. The van der Waals surface area contributed by atoms with E-state index >= 15 is 0 Å². The molecule has 1 aliphatic rings. The predicted octanol–water partition coefficient (Wildman–Crippen LogP) is 6.56. The van der Waals surface area contributed by atoms with Crippen LogP contribution in [0.4, 0.5) is 18.9 Å². The Hall–Kier alpha value is -3.59. The molecule has 1 aromatic heterocycles. The summed E-state index contributed by atoms with van der Waals surface area (Å²) in [6.07, 6.45) is -0.104. The van der Waals surface area contributed by atoms with Crippen LogP contribution in [0.1, 0.15) is 18.1 Å². The molecule has 1 saturated heterocycles. The SMILES string of the molecule is C=C/C(=C\C=C(/C)C(F)(F)F)N1CCN(C(=C)c2cc(NC)ccc2-c2cc(C)cs2)CC1.C=O.C=O. The van der Waals surface area contributed by atoms with Gasteiger partial charge in [-0.2, -0.15) is 13.2 Å². The molecule has 1 fully saturated rings. The quantitative estimate of drug-likeness (QED) is 0.409. The van der Waals surface area contributed by atoms with Crippen molar-refractivity contribution in [2.45, 2.75) is 20.0 Å². The molecule has 0 unspecified atom stereocenters. The Bertz CT molecular complexity index is 1110. The van der Waals surface area contributed by atoms with Crippen LogP contribution < -0.4 is 5.32 Å². The highest BCUT2D eigenvalue weighted by atomic mass is 32.1. The number of nitrogens with zero attached hydrogens (tertiary/aromatic N) is 2. The van der Waals surface area contributed by atoms with Crippen LogP contribution in [0.3, 0.4) is 0 Å². The minimum atomic E-state index is -4.32. The summed E-state index contributed by atoms with van der Waals surface area (Å²) in [4.78, 5) is 21.5. The topological polar surface area (TPSA) is 52.6 Å². The highest BCUT2D eigenvalue weighted by Crippen LogP contribution is 2.36. The fraction of sp³-hybridized carbons (Fsp3) is 0.286. The summed E-state index contributed by atoms with van der Waals surface area (Å²) in [5.41, 5.74) is 5.50. The second-order valence-corrected chi connectivity index (χ2v) is 8.97. The smallest absolute Gasteiger partial charge is 0.388 e. The molecule has 1 aromatic carbocycles. The van der Waals surface area contributed by atoms with Crippen molar-refractivity contribution in [3.05, 3.63) is 83.4 Å². The first-order valence-electron chi connectivity index (χ1n) is 11.4. The lowest BCUT2D eigenvalue weighted by Gasteiger charge is -2.39. The van der Waals surface area contributed by atoms with Gasteiger partial charge in [-0.3, -0.25) is 0 Å². The van der Waals surface area contributed by atoms with E-state index in [1.54, 1.807) is 17.4 Å². The van der Waals surface area contributed by atoms with Gasteiger partial charge in [-0.15, -0.1) is 11.3 Å². The number of benzene rings is 1. The van der Waals surface area contributed by atoms with Gasteiger partial charge in [-0.25, -0.2) is 0 Å². The number of alkyl halides is 3. The van der Waals surface area contributed by atoms with Gasteiger partial charge in [0.2, 0.25) is 0 Å². The van der Waals surface area contributed by atoms with E-state index in [1.807, 2.05) is 20.6 Å². The third-order valence-corrected chi connectivity index (χ3v) is 6.88. The zero-order chi connectivity index (χ0) is 28.2. The molecule has 0 saturated carbocycles. The highest BCUT2D eigenvalue weighted by molar-refractivity contribution is 7.13. The van der Waals surface area contributed by atoms with Gasteiger partial charge < -0.3 is 24.7 Å². The van der Waals surface area contributed by atoms with Gasteiger partial charge in [0.05, 0.1) is 0 Å². The standard InChI is InChI=1S/C26H30F3N3S.2CH2O/c1-6-22(9-7-19(3)26(27,28)29)32-13-11-31(12-14-32)20(4)24-16-21(30-5)8-10-23(24)25-15-18(2)17-33-25;2*1-2/h6-10,15-17,30H,1,4,11-14H2,2-3,5H3;2*1H2/b19-7+,22-9+;;. The van der Waals surface area contributed by atoms with E-state index in [-0.39, 0.29) is 0 Å². The van der Waals surface area contributed by atoms with Crippen molar-refractivity contribution in [2.24, 2.45) is 0 Å². The van der Waals surface area contributed by atoms with Gasteiger partial charge in [0.15, 0.2) is 0 Å². The van der Waals surface area contributed by atoms with Crippen molar-refractivity contribution < 1.29 is 22.8 Å². The number of allylic oxidation sites excluding steroid dienone is 4. The number of anilines is 1. The number of halogens is 3. The maximum absolute atomic E-state index is 12.8. The largest absolute Gasteiger partial charge is 0.412 e. The minimum absolute atomic E-state index is 0.630. The summed E-state index contributed by atoms with van der Waals surface area (Å²) in [6, 6.07) is 8.50. The molecule has 0 amide bonds. The van der Waals surface area contributed by atoms with Crippen molar-refractivity contribution in [1.29, 1.82) is 0 Å². The van der Waals surface area contributed by atoms with Gasteiger partial charge >= 0.3 is 6.18 Å². The molecule has 2 heterocycles. The van der Waals surface area contributed by atoms with Crippen LogP contribution in [0.25, 0.3) is 16.1 Å². The van der Waals surface area contributed by atoms with Crippen LogP contribution in [-0.2, 0) is 9.59 Å². The van der Waals surface area contributed by atoms with E-state index in [0.29, 0.717) is 18.8 Å². The zero-order valence-electron chi connectivity index (χ0n) is 21.5. The Labute approximate surface area is 221 Å². The van der Waals surface area contributed by atoms with Gasteiger partial charge in [-0.1, -0.05) is 25.3 Å². The fourth-order valence-electron chi connectivity index (χ4n) is 3.74. The Morgan fingerprint density at radius 3 is 2.11 bits per heavy atom. The molecule has 37 heavy (non-hydrogen) atoms.